The fourth-order valence-corrected chi connectivity index (χ4v) is 3.04. The molecule has 2 rings (SSSR count). The van der Waals surface area contributed by atoms with Gasteiger partial charge in [-0.2, -0.15) is 0 Å². The first-order valence-electron chi connectivity index (χ1n) is 7.28. The van der Waals surface area contributed by atoms with Gasteiger partial charge in [-0.15, -0.1) is 11.3 Å². The van der Waals surface area contributed by atoms with Gasteiger partial charge in [0.15, 0.2) is 5.13 Å². The molecule has 0 atom stereocenters. The van der Waals surface area contributed by atoms with Crippen molar-refractivity contribution in [3.05, 3.63) is 35.0 Å². The Balaban J connectivity index is 2.26. The van der Waals surface area contributed by atoms with Crippen LogP contribution in [0.25, 0.3) is 11.3 Å². The first-order valence-corrected chi connectivity index (χ1v) is 8.09. The lowest BCUT2D eigenvalue weighted by atomic mass is 10.1. The van der Waals surface area contributed by atoms with E-state index in [-0.39, 0.29) is 17.6 Å². The highest BCUT2D eigenvalue weighted by atomic mass is 32.1. The Hall–Kier alpha value is -1.79. The number of hydrogen-bond acceptors (Lipinski definition) is 4. The lowest BCUT2D eigenvalue weighted by Crippen LogP contribution is -2.13. The van der Waals surface area contributed by atoms with Crippen LogP contribution in [0.2, 0.25) is 0 Å². The van der Waals surface area contributed by atoms with E-state index in [4.69, 9.17) is 5.73 Å². The zero-order valence-corrected chi connectivity index (χ0v) is 13.5. The summed E-state index contributed by atoms with van der Waals surface area (Å²) in [6.07, 6.45) is 1.04. The van der Waals surface area contributed by atoms with Crippen LogP contribution in [-0.4, -0.2) is 17.4 Å². The molecule has 0 saturated heterocycles. The van der Waals surface area contributed by atoms with E-state index in [1.54, 1.807) is 12.1 Å². The van der Waals surface area contributed by atoms with Crippen LogP contribution in [0.3, 0.4) is 0 Å². The molecular weight excluding hydrogens is 301 g/mol. The number of aromatic nitrogens is 1. The molecule has 2 aromatic rings. The van der Waals surface area contributed by atoms with E-state index < -0.39 is 0 Å². The highest BCUT2D eigenvalue weighted by Gasteiger charge is 2.17. The predicted molar refractivity (Wildman–Crippen MR) is 88.5 cm³/mol. The van der Waals surface area contributed by atoms with Crippen LogP contribution in [0.4, 0.5) is 9.52 Å². The van der Waals surface area contributed by atoms with Gasteiger partial charge in [0.1, 0.15) is 5.82 Å². The number of amides is 1. The first-order chi connectivity index (χ1) is 10.5. The third-order valence-electron chi connectivity index (χ3n) is 3.15. The van der Waals surface area contributed by atoms with Gasteiger partial charge in [0.25, 0.3) is 0 Å². The first kappa shape index (κ1) is 16.6. The molecule has 0 fully saturated rings. The molecule has 0 aliphatic rings. The minimum Gasteiger partial charge on any atom is -0.330 e. The molecule has 22 heavy (non-hydrogen) atoms. The Morgan fingerprint density at radius 2 is 2.05 bits per heavy atom. The van der Waals surface area contributed by atoms with Crippen LogP contribution < -0.4 is 11.1 Å². The number of nitrogens with zero attached hydrogens (tertiary/aromatic N) is 1. The summed E-state index contributed by atoms with van der Waals surface area (Å²) in [5, 5.41) is 3.39. The molecule has 0 spiro atoms. The van der Waals surface area contributed by atoms with Crippen LogP contribution in [0, 0.1) is 5.82 Å². The van der Waals surface area contributed by atoms with E-state index in [0.29, 0.717) is 24.5 Å². The van der Waals surface area contributed by atoms with E-state index in [1.165, 1.54) is 23.5 Å². The van der Waals surface area contributed by atoms with Crippen molar-refractivity contribution in [1.29, 1.82) is 0 Å². The molecule has 0 unspecified atom stereocenters. The molecule has 1 aromatic carbocycles. The second kappa shape index (κ2) is 7.47. The predicted octanol–water partition coefficient (Wildman–Crippen LogP) is 3.75. The number of carbonyl (C=O) groups excluding carboxylic acids is 1. The molecule has 6 heteroatoms. The zero-order chi connectivity index (χ0) is 16.1. The minimum absolute atomic E-state index is 0.0832. The normalized spacial score (nSPS) is 11.0. The summed E-state index contributed by atoms with van der Waals surface area (Å²) in [7, 11) is 0. The average molecular weight is 321 g/mol. The topological polar surface area (TPSA) is 68.0 Å². The molecule has 1 aromatic heterocycles. The molecule has 3 N–H and O–H groups in total. The van der Waals surface area contributed by atoms with E-state index in [9.17, 15) is 9.18 Å². The van der Waals surface area contributed by atoms with Gasteiger partial charge in [0, 0.05) is 16.9 Å². The summed E-state index contributed by atoms with van der Waals surface area (Å²) in [5.74, 6) is -0.0900. The lowest BCUT2D eigenvalue weighted by molar-refractivity contribution is -0.116. The van der Waals surface area contributed by atoms with Crippen molar-refractivity contribution >= 4 is 22.4 Å². The van der Waals surface area contributed by atoms with Crippen molar-refractivity contribution in [2.75, 3.05) is 11.9 Å². The maximum atomic E-state index is 13.1. The van der Waals surface area contributed by atoms with Crippen LogP contribution >= 0.6 is 11.3 Å². The van der Waals surface area contributed by atoms with Crippen LogP contribution in [0.15, 0.2) is 24.3 Å². The average Bonchev–Trinajstić information content (AvgIpc) is 2.90. The summed E-state index contributed by atoms with van der Waals surface area (Å²) < 4.78 is 13.1. The van der Waals surface area contributed by atoms with Gasteiger partial charge in [0.2, 0.25) is 5.91 Å². The van der Waals surface area contributed by atoms with Crippen molar-refractivity contribution in [3.8, 4) is 11.3 Å². The number of benzene rings is 1. The van der Waals surface area contributed by atoms with Crippen molar-refractivity contribution in [2.24, 2.45) is 5.73 Å². The second-order valence-electron chi connectivity index (χ2n) is 5.33. The summed E-state index contributed by atoms with van der Waals surface area (Å²) in [6.45, 7) is 4.63. The van der Waals surface area contributed by atoms with E-state index in [0.717, 1.165) is 16.1 Å². The SMILES string of the molecule is CC(C)c1sc(NC(=O)CCCN)nc1-c1ccc(F)cc1. The maximum absolute atomic E-state index is 13.1. The number of nitrogens with two attached hydrogens (primary N) is 1. The van der Waals surface area contributed by atoms with Gasteiger partial charge in [-0.1, -0.05) is 13.8 Å². The number of thiazole rings is 1. The Kier molecular flexibility index (Phi) is 5.63. The molecular formula is C16H20FN3OS. The van der Waals surface area contributed by atoms with Crippen molar-refractivity contribution in [3.63, 3.8) is 0 Å². The van der Waals surface area contributed by atoms with Gasteiger partial charge in [-0.3, -0.25) is 4.79 Å². The Labute approximate surface area is 133 Å². The summed E-state index contributed by atoms with van der Waals surface area (Å²) in [4.78, 5) is 17.4. The largest absolute Gasteiger partial charge is 0.330 e. The van der Waals surface area contributed by atoms with Crippen LogP contribution in [0.1, 0.15) is 37.5 Å². The summed E-state index contributed by atoms with van der Waals surface area (Å²) >= 11 is 1.46. The highest BCUT2D eigenvalue weighted by Crippen LogP contribution is 2.36. The van der Waals surface area contributed by atoms with E-state index in [2.05, 4.69) is 24.1 Å². The minimum atomic E-state index is -0.277. The monoisotopic (exact) mass is 321 g/mol. The van der Waals surface area contributed by atoms with Crippen molar-refractivity contribution in [2.45, 2.75) is 32.6 Å². The fourth-order valence-electron chi connectivity index (χ4n) is 2.04. The molecule has 0 radical (unpaired) electrons. The molecule has 118 valence electrons. The van der Waals surface area contributed by atoms with E-state index >= 15 is 0 Å². The Morgan fingerprint density at radius 1 is 1.36 bits per heavy atom. The summed E-state index contributed by atoms with van der Waals surface area (Å²) in [5.41, 5.74) is 7.05. The quantitative estimate of drug-likeness (QED) is 0.851. The molecule has 4 nitrogen and oxygen atoms in total. The number of carbonyl (C=O) groups is 1. The second-order valence-corrected chi connectivity index (χ2v) is 6.36. The Bertz CT molecular complexity index is 637. The van der Waals surface area contributed by atoms with Crippen LogP contribution in [-0.2, 0) is 4.79 Å². The lowest BCUT2D eigenvalue weighted by Gasteiger charge is -2.04. The van der Waals surface area contributed by atoms with Gasteiger partial charge in [-0.05, 0) is 43.1 Å². The van der Waals surface area contributed by atoms with Gasteiger partial charge < -0.3 is 11.1 Å². The zero-order valence-electron chi connectivity index (χ0n) is 12.7. The Morgan fingerprint density at radius 3 is 2.64 bits per heavy atom. The maximum Gasteiger partial charge on any atom is 0.226 e. The van der Waals surface area contributed by atoms with Gasteiger partial charge >= 0.3 is 0 Å². The number of halogens is 1. The number of anilines is 1. The van der Waals surface area contributed by atoms with E-state index in [1.807, 2.05) is 0 Å². The number of rotatable bonds is 6. The molecule has 1 heterocycles. The third-order valence-corrected chi connectivity index (χ3v) is 4.42. The third kappa shape index (κ3) is 4.11. The highest BCUT2D eigenvalue weighted by molar-refractivity contribution is 7.16. The molecule has 0 bridgehead atoms. The number of nitrogens with one attached hydrogen (secondary N) is 1. The van der Waals surface area contributed by atoms with Crippen LogP contribution in [0.5, 0.6) is 0 Å². The molecule has 1 amide bonds. The fraction of sp³-hybridized carbons (Fsp3) is 0.375. The van der Waals surface area contributed by atoms with Crippen molar-refractivity contribution < 1.29 is 9.18 Å². The smallest absolute Gasteiger partial charge is 0.226 e. The van der Waals surface area contributed by atoms with Gasteiger partial charge in [-0.25, -0.2) is 9.37 Å². The van der Waals surface area contributed by atoms with Gasteiger partial charge in [0.05, 0.1) is 5.69 Å². The van der Waals surface area contributed by atoms with Crippen molar-refractivity contribution in [1.82, 2.24) is 4.98 Å². The standard InChI is InChI=1S/C16H20FN3OS/c1-10(2)15-14(11-5-7-12(17)8-6-11)20-16(22-15)19-13(21)4-3-9-18/h5-8,10H,3-4,9,18H2,1-2H3,(H,19,20,21). The molecule has 0 saturated carbocycles. The number of hydrogen-bond donors (Lipinski definition) is 2. The summed E-state index contributed by atoms with van der Waals surface area (Å²) in [6, 6.07) is 6.24. The molecule has 0 aliphatic carbocycles. The molecule has 0 aliphatic heterocycles.